The molecule has 3 nitrogen and oxygen atoms in total. The summed E-state index contributed by atoms with van der Waals surface area (Å²) in [5.41, 5.74) is 6.37. The molecule has 0 bridgehead atoms. The Bertz CT molecular complexity index is 433. The van der Waals surface area contributed by atoms with E-state index in [9.17, 15) is 4.79 Å². The normalized spacial score (nSPS) is 10.6. The lowest BCUT2D eigenvalue weighted by atomic mass is 10.1. The third-order valence-corrected chi connectivity index (χ3v) is 5.46. The van der Waals surface area contributed by atoms with E-state index in [1.807, 2.05) is 6.07 Å². The van der Waals surface area contributed by atoms with Gasteiger partial charge in [0.15, 0.2) is 0 Å². The zero-order chi connectivity index (χ0) is 14.8. The molecule has 112 valence electrons. The first-order valence-electron chi connectivity index (χ1n) is 6.28. The van der Waals surface area contributed by atoms with Gasteiger partial charge in [0.25, 0.3) is 0 Å². The fraction of sp³-hybridized carbons (Fsp3) is 0.462. The zero-order valence-corrected chi connectivity index (χ0v) is 14.2. The highest BCUT2D eigenvalue weighted by Gasteiger charge is 2.04. The van der Waals surface area contributed by atoms with Crippen LogP contribution in [-0.4, -0.2) is 30.5 Å². The van der Waals surface area contributed by atoms with Gasteiger partial charge in [-0.05, 0) is 24.1 Å². The summed E-state index contributed by atoms with van der Waals surface area (Å²) in [4.78, 5) is 11.6. The van der Waals surface area contributed by atoms with Gasteiger partial charge in [-0.1, -0.05) is 50.9 Å². The average molecular weight is 353 g/mol. The summed E-state index contributed by atoms with van der Waals surface area (Å²) < 4.78 is 0. The number of amides is 1. The molecule has 20 heavy (non-hydrogen) atoms. The fourth-order valence-corrected chi connectivity index (χ4v) is 3.80. The first-order chi connectivity index (χ1) is 9.63. The topological polar surface area (TPSA) is 55.1 Å². The number of hydrogen-bond acceptors (Lipinski definition) is 4. The molecular weight excluding hydrogens is 335 g/mol. The molecule has 1 aromatic carbocycles. The fourth-order valence-electron chi connectivity index (χ4n) is 1.45. The number of carbonyl (C=O) groups is 1. The van der Waals surface area contributed by atoms with Crippen LogP contribution in [0.1, 0.15) is 12.0 Å². The number of rotatable bonds is 9. The van der Waals surface area contributed by atoms with Crippen molar-refractivity contribution in [1.29, 1.82) is 0 Å². The summed E-state index contributed by atoms with van der Waals surface area (Å²) in [6, 6.07) is 5.40. The van der Waals surface area contributed by atoms with E-state index < -0.39 is 0 Å². The molecule has 0 aliphatic rings. The molecule has 0 atom stereocenters. The van der Waals surface area contributed by atoms with Gasteiger partial charge in [-0.2, -0.15) is 0 Å². The minimum absolute atomic E-state index is 0.0657. The molecule has 0 fully saturated rings. The first kappa shape index (κ1) is 18.0. The summed E-state index contributed by atoms with van der Waals surface area (Å²) in [7, 11) is 3.38. The van der Waals surface area contributed by atoms with Crippen molar-refractivity contribution >= 4 is 50.7 Å². The van der Waals surface area contributed by atoms with E-state index in [1.165, 1.54) is 0 Å². The van der Waals surface area contributed by atoms with Crippen LogP contribution >= 0.6 is 44.8 Å². The monoisotopic (exact) mass is 352 g/mol. The molecule has 3 N–H and O–H groups in total. The second kappa shape index (κ2) is 10.6. The number of hydrogen-bond donors (Lipinski definition) is 2. The second-order valence-electron chi connectivity index (χ2n) is 4.02. The van der Waals surface area contributed by atoms with Gasteiger partial charge in [-0.3, -0.25) is 4.79 Å². The van der Waals surface area contributed by atoms with Gasteiger partial charge in [-0.15, -0.1) is 0 Å². The Kier molecular flexibility index (Phi) is 9.55. The van der Waals surface area contributed by atoms with Crippen molar-refractivity contribution < 1.29 is 4.79 Å². The Balaban J connectivity index is 2.15. The molecule has 0 aromatic heterocycles. The number of nitrogens with one attached hydrogen (secondary N) is 1. The molecule has 0 heterocycles. The third-order valence-electron chi connectivity index (χ3n) is 2.43. The molecule has 0 aliphatic heterocycles. The zero-order valence-electron chi connectivity index (χ0n) is 11.0. The van der Waals surface area contributed by atoms with E-state index in [1.54, 1.807) is 33.7 Å². The van der Waals surface area contributed by atoms with Crippen molar-refractivity contribution in [3.63, 3.8) is 0 Å². The van der Waals surface area contributed by atoms with Crippen LogP contribution in [0.2, 0.25) is 10.0 Å². The minimum Gasteiger partial charge on any atom is -0.356 e. The van der Waals surface area contributed by atoms with Gasteiger partial charge in [-0.25, -0.2) is 0 Å². The van der Waals surface area contributed by atoms with E-state index >= 15 is 0 Å². The van der Waals surface area contributed by atoms with Crippen molar-refractivity contribution in [3.8, 4) is 0 Å². The van der Waals surface area contributed by atoms with Crippen LogP contribution in [-0.2, 0) is 11.2 Å². The highest BCUT2D eigenvalue weighted by Crippen LogP contribution is 2.21. The Hall–Kier alpha value is -0.0700. The van der Waals surface area contributed by atoms with Crippen LogP contribution in [0.15, 0.2) is 18.2 Å². The molecule has 0 aliphatic carbocycles. The van der Waals surface area contributed by atoms with Gasteiger partial charge in [0.2, 0.25) is 5.91 Å². The molecule has 0 radical (unpaired) electrons. The maximum Gasteiger partial charge on any atom is 0.220 e. The van der Waals surface area contributed by atoms with E-state index in [2.05, 4.69) is 5.32 Å². The summed E-state index contributed by atoms with van der Waals surface area (Å²) in [6.45, 7) is 1.26. The van der Waals surface area contributed by atoms with Gasteiger partial charge in [0.05, 0.1) is 0 Å². The van der Waals surface area contributed by atoms with Crippen molar-refractivity contribution in [1.82, 2.24) is 5.32 Å². The molecule has 0 unspecified atom stereocenters. The highest BCUT2D eigenvalue weighted by molar-refractivity contribution is 8.76. The van der Waals surface area contributed by atoms with E-state index in [-0.39, 0.29) is 5.91 Å². The second-order valence-corrected chi connectivity index (χ2v) is 7.56. The summed E-state index contributed by atoms with van der Waals surface area (Å²) in [5.74, 6) is 1.79. The predicted octanol–water partition coefficient (Wildman–Crippen LogP) is 3.38. The van der Waals surface area contributed by atoms with Crippen molar-refractivity contribution in [2.45, 2.75) is 12.8 Å². The van der Waals surface area contributed by atoms with E-state index in [0.29, 0.717) is 36.0 Å². The van der Waals surface area contributed by atoms with Crippen LogP contribution < -0.4 is 11.1 Å². The Morgan fingerprint density at radius 2 is 2.00 bits per heavy atom. The van der Waals surface area contributed by atoms with Crippen molar-refractivity contribution in [3.05, 3.63) is 33.8 Å². The maximum atomic E-state index is 11.6. The molecule has 0 saturated heterocycles. The van der Waals surface area contributed by atoms with Gasteiger partial charge in [0, 0.05) is 41.1 Å². The Morgan fingerprint density at radius 1 is 1.25 bits per heavy atom. The van der Waals surface area contributed by atoms with Gasteiger partial charge >= 0.3 is 0 Å². The SMILES string of the molecule is NCCSSCCC(=O)NCCc1ccc(Cl)cc1Cl. The van der Waals surface area contributed by atoms with Crippen LogP contribution in [0.4, 0.5) is 0 Å². The molecule has 1 aromatic rings. The smallest absolute Gasteiger partial charge is 0.220 e. The van der Waals surface area contributed by atoms with Crippen molar-refractivity contribution in [2.24, 2.45) is 5.73 Å². The molecule has 1 amide bonds. The Labute approximate surface area is 137 Å². The van der Waals surface area contributed by atoms with Crippen molar-refractivity contribution in [2.75, 3.05) is 24.6 Å². The number of halogens is 2. The van der Waals surface area contributed by atoms with E-state index in [4.69, 9.17) is 28.9 Å². The lowest BCUT2D eigenvalue weighted by molar-refractivity contribution is -0.120. The van der Waals surface area contributed by atoms with Crippen LogP contribution in [0, 0.1) is 0 Å². The molecular formula is C13H18Cl2N2OS2. The van der Waals surface area contributed by atoms with Crippen LogP contribution in [0.5, 0.6) is 0 Å². The number of carbonyl (C=O) groups excluding carboxylic acids is 1. The summed E-state index contributed by atoms with van der Waals surface area (Å²) >= 11 is 11.9. The molecule has 7 heteroatoms. The number of benzene rings is 1. The lowest BCUT2D eigenvalue weighted by Gasteiger charge is -2.07. The summed E-state index contributed by atoms with van der Waals surface area (Å²) in [5, 5.41) is 4.15. The predicted molar refractivity (Wildman–Crippen MR) is 91.8 cm³/mol. The van der Waals surface area contributed by atoms with Gasteiger partial charge in [0.1, 0.15) is 0 Å². The molecule has 1 rings (SSSR count). The van der Waals surface area contributed by atoms with E-state index in [0.717, 1.165) is 17.1 Å². The van der Waals surface area contributed by atoms with Crippen LogP contribution in [0.3, 0.4) is 0 Å². The average Bonchev–Trinajstić information content (AvgIpc) is 2.41. The maximum absolute atomic E-state index is 11.6. The largest absolute Gasteiger partial charge is 0.356 e. The summed E-state index contributed by atoms with van der Waals surface area (Å²) in [6.07, 6.45) is 1.23. The standard InChI is InChI=1S/C13H18Cl2N2OS2/c14-11-2-1-10(12(15)9-11)3-6-17-13(18)4-7-19-20-8-5-16/h1-2,9H,3-8,16H2,(H,17,18). The molecule has 0 saturated carbocycles. The highest BCUT2D eigenvalue weighted by atomic mass is 35.5. The molecule has 0 spiro atoms. The first-order valence-corrected chi connectivity index (χ1v) is 9.53. The third kappa shape index (κ3) is 7.64. The van der Waals surface area contributed by atoms with Crippen LogP contribution in [0.25, 0.3) is 0 Å². The lowest BCUT2D eigenvalue weighted by Crippen LogP contribution is -2.25. The Morgan fingerprint density at radius 3 is 2.70 bits per heavy atom. The number of nitrogens with two attached hydrogens (primary N) is 1. The van der Waals surface area contributed by atoms with Gasteiger partial charge < -0.3 is 11.1 Å². The minimum atomic E-state index is 0.0657. The quantitative estimate of drug-likeness (QED) is 0.528.